The lowest BCUT2D eigenvalue weighted by atomic mass is 10.2. The van der Waals surface area contributed by atoms with Gasteiger partial charge in [0.1, 0.15) is 17.3 Å². The molecule has 0 spiro atoms. The van der Waals surface area contributed by atoms with Gasteiger partial charge in [-0.3, -0.25) is 10.1 Å². The van der Waals surface area contributed by atoms with Gasteiger partial charge in [0, 0.05) is 17.3 Å². The van der Waals surface area contributed by atoms with Crippen LogP contribution < -0.4 is 10.6 Å². The summed E-state index contributed by atoms with van der Waals surface area (Å²) in [5, 5.41) is 6.40. The Labute approximate surface area is 177 Å². The SMILES string of the molecule is Cc1cccc(NC(=S)NC(=O)/C=C/c2ccc(-c3cccc(Cl)c3Cl)o2)n1. The van der Waals surface area contributed by atoms with E-state index in [0.717, 1.165) is 5.69 Å². The molecule has 3 aromatic rings. The number of anilines is 1. The number of furan rings is 1. The summed E-state index contributed by atoms with van der Waals surface area (Å²) in [5.41, 5.74) is 1.52. The summed E-state index contributed by atoms with van der Waals surface area (Å²) in [5.74, 6) is 1.20. The number of thiocarbonyl (C=S) groups is 1. The summed E-state index contributed by atoms with van der Waals surface area (Å²) in [4.78, 5) is 16.3. The lowest BCUT2D eigenvalue weighted by molar-refractivity contribution is -0.115. The van der Waals surface area contributed by atoms with E-state index < -0.39 is 5.91 Å². The Morgan fingerprint density at radius 3 is 2.71 bits per heavy atom. The van der Waals surface area contributed by atoms with Crippen LogP contribution in [-0.2, 0) is 4.79 Å². The van der Waals surface area contributed by atoms with E-state index in [-0.39, 0.29) is 5.11 Å². The lowest BCUT2D eigenvalue weighted by Gasteiger charge is -2.07. The predicted octanol–water partition coefficient (Wildman–Crippen LogP) is 5.48. The molecule has 8 heteroatoms. The average Bonchev–Trinajstić information content (AvgIpc) is 3.11. The molecule has 0 bridgehead atoms. The normalized spacial score (nSPS) is 10.8. The number of carbonyl (C=O) groups excluding carboxylic acids is 1. The molecule has 0 saturated carbocycles. The zero-order valence-corrected chi connectivity index (χ0v) is 17.0. The van der Waals surface area contributed by atoms with Gasteiger partial charge in [-0.25, -0.2) is 4.98 Å². The highest BCUT2D eigenvalue weighted by Crippen LogP contribution is 2.34. The molecule has 3 rings (SSSR count). The van der Waals surface area contributed by atoms with E-state index in [4.69, 9.17) is 39.8 Å². The van der Waals surface area contributed by atoms with E-state index >= 15 is 0 Å². The molecule has 2 aromatic heterocycles. The monoisotopic (exact) mass is 431 g/mol. The number of benzene rings is 1. The van der Waals surface area contributed by atoms with E-state index in [1.165, 1.54) is 12.2 Å². The Morgan fingerprint density at radius 1 is 1.14 bits per heavy atom. The third-order valence-corrected chi connectivity index (χ3v) is 4.63. The van der Waals surface area contributed by atoms with Gasteiger partial charge in [0.2, 0.25) is 5.91 Å². The van der Waals surface area contributed by atoms with E-state index in [2.05, 4.69) is 15.6 Å². The number of halogens is 2. The van der Waals surface area contributed by atoms with Crippen molar-refractivity contribution in [2.75, 3.05) is 5.32 Å². The third-order valence-electron chi connectivity index (χ3n) is 3.61. The number of carbonyl (C=O) groups is 1. The van der Waals surface area contributed by atoms with Gasteiger partial charge in [-0.2, -0.15) is 0 Å². The summed E-state index contributed by atoms with van der Waals surface area (Å²) < 4.78 is 5.70. The van der Waals surface area contributed by atoms with Crippen LogP contribution in [0.25, 0.3) is 17.4 Å². The molecule has 0 aliphatic carbocycles. The van der Waals surface area contributed by atoms with Crippen LogP contribution in [0.5, 0.6) is 0 Å². The van der Waals surface area contributed by atoms with Crippen molar-refractivity contribution in [3.05, 3.63) is 76.1 Å². The summed E-state index contributed by atoms with van der Waals surface area (Å²) in [7, 11) is 0. The van der Waals surface area contributed by atoms with Crippen LogP contribution in [0.2, 0.25) is 10.0 Å². The van der Waals surface area contributed by atoms with Crippen LogP contribution in [0.1, 0.15) is 11.5 Å². The first kappa shape index (κ1) is 20.1. The number of hydrogen-bond acceptors (Lipinski definition) is 4. The average molecular weight is 432 g/mol. The van der Waals surface area contributed by atoms with Gasteiger partial charge >= 0.3 is 0 Å². The smallest absolute Gasteiger partial charge is 0.250 e. The molecule has 0 saturated heterocycles. The number of hydrogen-bond donors (Lipinski definition) is 2. The maximum atomic E-state index is 12.0. The fraction of sp³-hybridized carbons (Fsp3) is 0.0500. The number of aryl methyl sites for hydroxylation is 1. The maximum absolute atomic E-state index is 12.0. The Bertz CT molecular complexity index is 1060. The van der Waals surface area contributed by atoms with Crippen molar-refractivity contribution in [2.24, 2.45) is 0 Å². The molecule has 1 amide bonds. The maximum Gasteiger partial charge on any atom is 0.250 e. The van der Waals surface area contributed by atoms with Crippen molar-refractivity contribution in [3.63, 3.8) is 0 Å². The first-order valence-corrected chi connectivity index (χ1v) is 9.37. The zero-order valence-electron chi connectivity index (χ0n) is 14.7. The fourth-order valence-corrected chi connectivity index (χ4v) is 2.95. The summed E-state index contributed by atoms with van der Waals surface area (Å²) in [6, 6.07) is 14.2. The second-order valence-electron chi connectivity index (χ2n) is 5.74. The van der Waals surface area contributed by atoms with Crippen LogP contribution in [-0.4, -0.2) is 16.0 Å². The van der Waals surface area contributed by atoms with Gasteiger partial charge in [0.25, 0.3) is 0 Å². The Morgan fingerprint density at radius 2 is 1.93 bits per heavy atom. The predicted molar refractivity (Wildman–Crippen MR) is 117 cm³/mol. The van der Waals surface area contributed by atoms with Gasteiger partial charge in [0.15, 0.2) is 5.11 Å². The van der Waals surface area contributed by atoms with Crippen LogP contribution >= 0.6 is 35.4 Å². The molecule has 2 heterocycles. The van der Waals surface area contributed by atoms with E-state index in [1.807, 2.05) is 19.1 Å². The topological polar surface area (TPSA) is 67.2 Å². The Kier molecular flexibility index (Phi) is 6.46. The fourth-order valence-electron chi connectivity index (χ4n) is 2.35. The van der Waals surface area contributed by atoms with Crippen LogP contribution in [0.15, 0.2) is 59.0 Å². The summed E-state index contributed by atoms with van der Waals surface area (Å²) >= 11 is 17.3. The number of aromatic nitrogens is 1. The molecule has 0 aliphatic heterocycles. The minimum absolute atomic E-state index is 0.151. The van der Waals surface area contributed by atoms with Gasteiger partial charge in [0.05, 0.1) is 10.0 Å². The summed E-state index contributed by atoms with van der Waals surface area (Å²) in [6.45, 7) is 1.86. The largest absolute Gasteiger partial charge is 0.457 e. The lowest BCUT2D eigenvalue weighted by Crippen LogP contribution is -2.33. The van der Waals surface area contributed by atoms with Crippen molar-refractivity contribution in [3.8, 4) is 11.3 Å². The second kappa shape index (κ2) is 9.01. The van der Waals surface area contributed by atoms with Gasteiger partial charge in [-0.05, 0) is 61.6 Å². The second-order valence-corrected chi connectivity index (χ2v) is 6.94. The summed E-state index contributed by atoms with van der Waals surface area (Å²) in [6.07, 6.45) is 2.85. The number of rotatable bonds is 4. The molecule has 0 unspecified atom stereocenters. The molecule has 5 nitrogen and oxygen atoms in total. The Hall–Kier alpha value is -2.67. The minimum atomic E-state index is -0.399. The highest BCUT2D eigenvalue weighted by molar-refractivity contribution is 7.80. The van der Waals surface area contributed by atoms with Crippen molar-refractivity contribution in [1.29, 1.82) is 0 Å². The first-order valence-electron chi connectivity index (χ1n) is 8.20. The molecule has 0 aliphatic rings. The number of amides is 1. The van der Waals surface area contributed by atoms with E-state index in [9.17, 15) is 4.79 Å². The number of pyridine rings is 1. The zero-order chi connectivity index (χ0) is 20.1. The highest BCUT2D eigenvalue weighted by Gasteiger charge is 2.10. The van der Waals surface area contributed by atoms with Gasteiger partial charge in [-0.15, -0.1) is 0 Å². The van der Waals surface area contributed by atoms with E-state index in [0.29, 0.717) is 32.9 Å². The van der Waals surface area contributed by atoms with Gasteiger partial charge in [-0.1, -0.05) is 35.3 Å². The Balaban J connectivity index is 1.61. The number of nitrogens with one attached hydrogen (secondary N) is 2. The molecule has 0 atom stereocenters. The van der Waals surface area contributed by atoms with Crippen molar-refractivity contribution in [1.82, 2.24) is 10.3 Å². The quantitative estimate of drug-likeness (QED) is 0.422. The van der Waals surface area contributed by atoms with Crippen molar-refractivity contribution in [2.45, 2.75) is 6.92 Å². The van der Waals surface area contributed by atoms with Crippen molar-refractivity contribution >= 4 is 58.3 Å². The van der Waals surface area contributed by atoms with Crippen molar-refractivity contribution < 1.29 is 9.21 Å². The highest BCUT2D eigenvalue weighted by atomic mass is 35.5. The molecular formula is C20H15Cl2N3O2S. The number of nitrogens with zero attached hydrogens (tertiary/aromatic N) is 1. The van der Waals surface area contributed by atoms with E-state index in [1.54, 1.807) is 36.4 Å². The standard InChI is InChI=1S/C20H15Cl2N3O2S/c1-12-4-2-7-17(23-12)24-20(28)25-18(26)11-9-13-8-10-16(27-13)14-5-3-6-15(21)19(14)22/h2-11H,1H3,(H2,23,24,25,26,28)/b11-9+. The minimum Gasteiger partial charge on any atom is -0.457 e. The molecule has 2 N–H and O–H groups in total. The molecular weight excluding hydrogens is 417 g/mol. The molecule has 0 fully saturated rings. The van der Waals surface area contributed by atoms with Crippen LogP contribution in [0.4, 0.5) is 5.82 Å². The molecule has 142 valence electrons. The molecule has 1 aromatic carbocycles. The molecule has 28 heavy (non-hydrogen) atoms. The van der Waals surface area contributed by atoms with Gasteiger partial charge < -0.3 is 9.73 Å². The molecule has 0 radical (unpaired) electrons. The van der Waals surface area contributed by atoms with Crippen LogP contribution in [0, 0.1) is 6.92 Å². The third kappa shape index (κ3) is 5.19. The van der Waals surface area contributed by atoms with Crippen LogP contribution in [0.3, 0.4) is 0 Å². The first-order chi connectivity index (χ1) is 13.4.